The highest BCUT2D eigenvalue weighted by molar-refractivity contribution is 9.10. The molecule has 112 valence electrons. The number of rotatable bonds is 5. The van der Waals surface area contributed by atoms with Gasteiger partial charge in [-0.05, 0) is 48.4 Å². The Morgan fingerprint density at radius 1 is 1.19 bits per heavy atom. The molecule has 1 unspecified atom stereocenters. The van der Waals surface area contributed by atoms with Crippen LogP contribution in [0.5, 0.6) is 0 Å². The third-order valence-electron chi connectivity index (χ3n) is 3.23. The highest BCUT2D eigenvalue weighted by atomic mass is 79.9. The number of halogens is 4. The van der Waals surface area contributed by atoms with Crippen LogP contribution in [-0.4, -0.2) is 6.54 Å². The molecule has 0 radical (unpaired) electrons. The van der Waals surface area contributed by atoms with Crippen LogP contribution in [0.4, 0.5) is 4.39 Å². The zero-order valence-corrected chi connectivity index (χ0v) is 15.4. The lowest BCUT2D eigenvalue weighted by Gasteiger charge is -2.20. The smallest absolute Gasteiger partial charge is 0.127 e. The molecule has 2 aromatic rings. The summed E-state index contributed by atoms with van der Waals surface area (Å²) in [5.41, 5.74) is 1.76. The molecule has 0 bridgehead atoms. The standard InChI is InChI=1S/C16H15Br2ClFN/c1-2-21-16(13-6-5-12(19)9-14(13)18)7-10-3-4-11(17)8-15(10)20/h3-6,8-9,16,21H,2,7H2,1H3. The van der Waals surface area contributed by atoms with E-state index in [1.807, 2.05) is 37.3 Å². The van der Waals surface area contributed by atoms with E-state index in [9.17, 15) is 4.39 Å². The maximum Gasteiger partial charge on any atom is 0.127 e. The Labute approximate surface area is 146 Å². The van der Waals surface area contributed by atoms with Crippen molar-refractivity contribution in [1.82, 2.24) is 5.32 Å². The molecular formula is C16H15Br2ClFN. The van der Waals surface area contributed by atoms with Gasteiger partial charge in [0.2, 0.25) is 0 Å². The molecule has 0 heterocycles. The third-order valence-corrected chi connectivity index (χ3v) is 4.64. The summed E-state index contributed by atoms with van der Waals surface area (Å²) in [7, 11) is 0. The van der Waals surface area contributed by atoms with E-state index < -0.39 is 0 Å². The Hall–Kier alpha value is -0.420. The van der Waals surface area contributed by atoms with Crippen molar-refractivity contribution in [2.75, 3.05) is 6.54 Å². The summed E-state index contributed by atoms with van der Waals surface area (Å²) in [5, 5.41) is 4.07. The first-order chi connectivity index (χ1) is 10.0. The third kappa shape index (κ3) is 4.52. The molecule has 0 amide bonds. The molecule has 0 fully saturated rings. The first-order valence-electron chi connectivity index (χ1n) is 6.63. The summed E-state index contributed by atoms with van der Waals surface area (Å²) in [6.45, 7) is 2.84. The van der Waals surface area contributed by atoms with Gasteiger partial charge in [0.25, 0.3) is 0 Å². The second-order valence-corrected chi connectivity index (χ2v) is 6.92. The minimum atomic E-state index is -0.197. The van der Waals surface area contributed by atoms with Gasteiger partial charge in [0.05, 0.1) is 0 Å². The van der Waals surface area contributed by atoms with Crippen molar-refractivity contribution in [2.24, 2.45) is 0 Å². The Balaban J connectivity index is 2.30. The maximum absolute atomic E-state index is 14.0. The second-order valence-electron chi connectivity index (χ2n) is 4.72. The van der Waals surface area contributed by atoms with Gasteiger partial charge in [-0.15, -0.1) is 0 Å². The molecule has 0 saturated carbocycles. The van der Waals surface area contributed by atoms with E-state index in [2.05, 4.69) is 37.2 Å². The van der Waals surface area contributed by atoms with Gasteiger partial charge in [-0.25, -0.2) is 4.39 Å². The van der Waals surface area contributed by atoms with Gasteiger partial charge in [-0.2, -0.15) is 0 Å². The van der Waals surface area contributed by atoms with E-state index in [0.29, 0.717) is 17.0 Å². The van der Waals surface area contributed by atoms with Gasteiger partial charge in [0.15, 0.2) is 0 Å². The fourth-order valence-electron chi connectivity index (χ4n) is 2.23. The summed E-state index contributed by atoms with van der Waals surface area (Å²) < 4.78 is 15.7. The molecule has 0 aliphatic carbocycles. The van der Waals surface area contributed by atoms with Crippen LogP contribution in [0.15, 0.2) is 45.3 Å². The van der Waals surface area contributed by atoms with Crippen LogP contribution < -0.4 is 5.32 Å². The maximum atomic E-state index is 14.0. The lowest BCUT2D eigenvalue weighted by Crippen LogP contribution is -2.23. The minimum absolute atomic E-state index is 0.0253. The summed E-state index contributed by atoms with van der Waals surface area (Å²) in [6, 6.07) is 10.9. The number of benzene rings is 2. The van der Waals surface area contributed by atoms with E-state index in [1.54, 1.807) is 0 Å². The number of hydrogen-bond acceptors (Lipinski definition) is 1. The van der Waals surface area contributed by atoms with Crippen LogP contribution in [0.3, 0.4) is 0 Å². The summed E-state index contributed by atoms with van der Waals surface area (Å²) in [4.78, 5) is 0. The number of nitrogens with one attached hydrogen (secondary N) is 1. The minimum Gasteiger partial charge on any atom is -0.310 e. The van der Waals surface area contributed by atoms with Crippen LogP contribution in [-0.2, 0) is 6.42 Å². The Morgan fingerprint density at radius 2 is 1.95 bits per heavy atom. The topological polar surface area (TPSA) is 12.0 Å². The van der Waals surface area contributed by atoms with Crippen molar-refractivity contribution in [1.29, 1.82) is 0 Å². The fraction of sp³-hybridized carbons (Fsp3) is 0.250. The highest BCUT2D eigenvalue weighted by Crippen LogP contribution is 2.29. The summed E-state index contributed by atoms with van der Waals surface area (Å²) in [5.74, 6) is -0.197. The molecule has 0 spiro atoms. The molecule has 2 aromatic carbocycles. The van der Waals surface area contributed by atoms with Crippen LogP contribution in [0.1, 0.15) is 24.1 Å². The molecule has 0 aliphatic rings. The van der Waals surface area contributed by atoms with E-state index in [1.165, 1.54) is 6.07 Å². The van der Waals surface area contributed by atoms with Crippen molar-refractivity contribution in [3.05, 3.63) is 67.3 Å². The first kappa shape index (κ1) is 16.9. The first-order valence-corrected chi connectivity index (χ1v) is 8.60. The Kier molecular flexibility index (Phi) is 6.23. The lowest BCUT2D eigenvalue weighted by atomic mass is 9.98. The average Bonchev–Trinajstić information content (AvgIpc) is 2.41. The molecule has 0 aromatic heterocycles. The second kappa shape index (κ2) is 7.73. The van der Waals surface area contributed by atoms with Crippen LogP contribution in [0.25, 0.3) is 0 Å². The van der Waals surface area contributed by atoms with Gasteiger partial charge in [0.1, 0.15) is 5.82 Å². The normalized spacial score (nSPS) is 12.4. The SMILES string of the molecule is CCNC(Cc1ccc(Br)cc1F)c1ccc(Cl)cc1Br. The molecule has 5 heteroatoms. The van der Waals surface area contributed by atoms with Crippen molar-refractivity contribution in [2.45, 2.75) is 19.4 Å². The molecule has 0 saturated heterocycles. The van der Waals surface area contributed by atoms with E-state index in [0.717, 1.165) is 21.1 Å². The molecule has 1 nitrogen and oxygen atoms in total. The number of likely N-dealkylation sites (N-methyl/N-ethyl adjacent to an activating group) is 1. The van der Waals surface area contributed by atoms with E-state index in [4.69, 9.17) is 11.6 Å². The van der Waals surface area contributed by atoms with Gasteiger partial charge in [-0.3, -0.25) is 0 Å². The average molecular weight is 436 g/mol. The van der Waals surface area contributed by atoms with Gasteiger partial charge in [-0.1, -0.05) is 62.5 Å². The molecule has 2 rings (SSSR count). The highest BCUT2D eigenvalue weighted by Gasteiger charge is 2.16. The zero-order chi connectivity index (χ0) is 15.4. The lowest BCUT2D eigenvalue weighted by molar-refractivity contribution is 0.526. The Morgan fingerprint density at radius 3 is 2.57 bits per heavy atom. The molecule has 21 heavy (non-hydrogen) atoms. The monoisotopic (exact) mass is 433 g/mol. The molecule has 1 N–H and O–H groups in total. The fourth-order valence-corrected chi connectivity index (χ4v) is 3.52. The molecular weight excluding hydrogens is 420 g/mol. The van der Waals surface area contributed by atoms with Gasteiger partial charge in [0, 0.05) is 20.0 Å². The predicted molar refractivity (Wildman–Crippen MR) is 93.4 cm³/mol. The van der Waals surface area contributed by atoms with Gasteiger partial charge < -0.3 is 5.32 Å². The van der Waals surface area contributed by atoms with E-state index in [-0.39, 0.29) is 11.9 Å². The van der Waals surface area contributed by atoms with Crippen molar-refractivity contribution < 1.29 is 4.39 Å². The molecule has 1 atom stereocenters. The largest absolute Gasteiger partial charge is 0.310 e. The van der Waals surface area contributed by atoms with Gasteiger partial charge >= 0.3 is 0 Å². The summed E-state index contributed by atoms with van der Waals surface area (Å²) in [6.07, 6.45) is 0.577. The van der Waals surface area contributed by atoms with Crippen LogP contribution in [0, 0.1) is 5.82 Å². The van der Waals surface area contributed by atoms with Crippen molar-refractivity contribution in [3.63, 3.8) is 0 Å². The quantitative estimate of drug-likeness (QED) is 0.617. The van der Waals surface area contributed by atoms with Crippen molar-refractivity contribution in [3.8, 4) is 0 Å². The summed E-state index contributed by atoms with van der Waals surface area (Å²) >= 11 is 12.8. The van der Waals surface area contributed by atoms with E-state index >= 15 is 0 Å². The zero-order valence-electron chi connectivity index (χ0n) is 11.5. The van der Waals surface area contributed by atoms with Crippen LogP contribution >= 0.6 is 43.5 Å². The molecule has 0 aliphatic heterocycles. The van der Waals surface area contributed by atoms with Crippen molar-refractivity contribution >= 4 is 43.5 Å². The van der Waals surface area contributed by atoms with Crippen LogP contribution in [0.2, 0.25) is 5.02 Å². The number of hydrogen-bond donors (Lipinski definition) is 1. The predicted octanol–water partition coefficient (Wildman–Crippen LogP) is 5.90. The Bertz CT molecular complexity index is 634.